The maximum atomic E-state index is 13.5. The van der Waals surface area contributed by atoms with E-state index in [4.69, 9.17) is 21.2 Å². The van der Waals surface area contributed by atoms with Crippen molar-refractivity contribution in [3.05, 3.63) is 82.2 Å². The predicted molar refractivity (Wildman–Crippen MR) is 153 cm³/mol. The van der Waals surface area contributed by atoms with Crippen LogP contribution in [0.1, 0.15) is 84.0 Å². The lowest BCUT2D eigenvalue weighted by atomic mass is 9.79. The summed E-state index contributed by atoms with van der Waals surface area (Å²) < 4.78 is 5.77. The molecule has 2 aromatic carbocycles. The first-order valence-corrected chi connectivity index (χ1v) is 13.0. The zero-order chi connectivity index (χ0) is 29.1. The highest BCUT2D eigenvalue weighted by atomic mass is 16.6. The largest absolute Gasteiger partial charge is 0.441 e. The van der Waals surface area contributed by atoms with Crippen LogP contribution in [-0.4, -0.2) is 22.9 Å². The van der Waals surface area contributed by atoms with Gasteiger partial charge in [-0.05, 0) is 49.9 Å². The van der Waals surface area contributed by atoms with Crippen LogP contribution in [0.4, 0.5) is 10.5 Å². The summed E-state index contributed by atoms with van der Waals surface area (Å²) in [5, 5.41) is 3.03. The zero-order valence-corrected chi connectivity index (χ0v) is 23.7. The van der Waals surface area contributed by atoms with E-state index in [1.54, 1.807) is 18.2 Å². The van der Waals surface area contributed by atoms with Gasteiger partial charge in [0.05, 0.1) is 11.4 Å². The predicted octanol–water partition coefficient (Wildman–Crippen LogP) is 6.10. The fourth-order valence-corrected chi connectivity index (χ4v) is 4.56. The minimum atomic E-state index is -0.894. The number of hydrogen-bond acceptors (Lipinski definition) is 5. The van der Waals surface area contributed by atoms with E-state index >= 15 is 0 Å². The van der Waals surface area contributed by atoms with Crippen LogP contribution in [0.2, 0.25) is 0 Å². The number of hydrogen-bond donors (Lipinski definition) is 3. The minimum absolute atomic E-state index is 0.229. The number of nitrogens with one attached hydrogen (secondary N) is 1. The average molecular weight is 531 g/mol. The SMILES string of the molecule is Cc1ccc(-c2c(NC(=O)c3cccc(C(N)=O)c3)c(C)nc(CC(C)C)c2C(OC(N)=O)C(C)(C)C)cc1. The topological polar surface area (TPSA) is 137 Å². The highest BCUT2D eigenvalue weighted by Crippen LogP contribution is 2.46. The van der Waals surface area contributed by atoms with Crippen LogP contribution in [0.15, 0.2) is 48.5 Å². The number of carbonyl (C=O) groups excluding carboxylic acids is 3. The van der Waals surface area contributed by atoms with E-state index in [1.807, 2.05) is 58.9 Å². The van der Waals surface area contributed by atoms with Crippen molar-refractivity contribution < 1.29 is 19.1 Å². The first-order chi connectivity index (χ1) is 18.2. The van der Waals surface area contributed by atoms with E-state index < -0.39 is 29.4 Å². The Morgan fingerprint density at radius 3 is 2.13 bits per heavy atom. The molecule has 0 saturated carbocycles. The molecule has 39 heavy (non-hydrogen) atoms. The Morgan fingerprint density at radius 2 is 1.59 bits per heavy atom. The molecule has 1 atom stereocenters. The number of anilines is 1. The van der Waals surface area contributed by atoms with Crippen LogP contribution < -0.4 is 16.8 Å². The van der Waals surface area contributed by atoms with Gasteiger partial charge in [0.1, 0.15) is 6.10 Å². The van der Waals surface area contributed by atoms with E-state index in [2.05, 4.69) is 19.2 Å². The highest BCUT2D eigenvalue weighted by molar-refractivity contribution is 6.08. The summed E-state index contributed by atoms with van der Waals surface area (Å²) in [5.41, 5.74) is 16.1. The maximum Gasteiger partial charge on any atom is 0.405 e. The molecule has 1 aromatic heterocycles. The lowest BCUT2D eigenvalue weighted by Crippen LogP contribution is -2.29. The minimum Gasteiger partial charge on any atom is -0.441 e. The Balaban J connectivity index is 2.36. The van der Waals surface area contributed by atoms with E-state index in [9.17, 15) is 14.4 Å². The van der Waals surface area contributed by atoms with Gasteiger partial charge in [-0.25, -0.2) is 4.79 Å². The van der Waals surface area contributed by atoms with Gasteiger partial charge in [0.15, 0.2) is 0 Å². The number of aryl methyl sites for hydroxylation is 2. The van der Waals surface area contributed by atoms with Gasteiger partial charge in [-0.2, -0.15) is 0 Å². The summed E-state index contributed by atoms with van der Waals surface area (Å²) in [6.07, 6.45) is -1.02. The fraction of sp³-hybridized carbons (Fsp3) is 0.355. The standard InChI is InChI=1S/C31H38N4O4/c1-17(2)15-23-25(27(31(5,6)7)39-30(33)38)24(20-13-11-18(3)12-14-20)26(19(4)34-23)35-29(37)22-10-8-9-21(16-22)28(32)36/h8-14,16-17,27H,15H2,1-7H3,(H2,32,36)(H2,33,38)(H,35,37). The number of nitrogens with two attached hydrogens (primary N) is 2. The molecule has 5 N–H and O–H groups in total. The van der Waals surface area contributed by atoms with Crippen molar-refractivity contribution >= 4 is 23.6 Å². The van der Waals surface area contributed by atoms with E-state index in [-0.39, 0.29) is 17.0 Å². The Labute approximate surface area is 230 Å². The van der Waals surface area contributed by atoms with Crippen LogP contribution in [0.5, 0.6) is 0 Å². The molecule has 0 aliphatic carbocycles. The molecule has 0 bridgehead atoms. The summed E-state index contributed by atoms with van der Waals surface area (Å²) in [4.78, 5) is 42.3. The molecule has 1 heterocycles. The summed E-state index contributed by atoms with van der Waals surface area (Å²) in [7, 11) is 0. The van der Waals surface area contributed by atoms with Crippen LogP contribution in [-0.2, 0) is 11.2 Å². The second kappa shape index (κ2) is 11.7. The average Bonchev–Trinajstić information content (AvgIpc) is 2.83. The highest BCUT2D eigenvalue weighted by Gasteiger charge is 2.36. The van der Waals surface area contributed by atoms with Crippen molar-refractivity contribution in [2.75, 3.05) is 5.32 Å². The number of rotatable bonds is 8. The second-order valence-electron chi connectivity index (χ2n) is 11.4. The zero-order valence-electron chi connectivity index (χ0n) is 23.7. The van der Waals surface area contributed by atoms with Gasteiger partial charge >= 0.3 is 6.09 Å². The molecule has 3 rings (SSSR count). The Bertz CT molecular complexity index is 1390. The van der Waals surface area contributed by atoms with Gasteiger partial charge in [-0.15, -0.1) is 0 Å². The Morgan fingerprint density at radius 1 is 0.974 bits per heavy atom. The number of primary amides is 2. The van der Waals surface area contributed by atoms with Crippen molar-refractivity contribution in [3.8, 4) is 11.1 Å². The third-order valence-electron chi connectivity index (χ3n) is 6.37. The lowest BCUT2D eigenvalue weighted by molar-refractivity contribution is 0.0354. The van der Waals surface area contributed by atoms with Crippen LogP contribution in [0, 0.1) is 25.2 Å². The van der Waals surface area contributed by atoms with Crippen LogP contribution in [0.25, 0.3) is 11.1 Å². The number of amides is 3. The number of carbonyl (C=O) groups is 3. The molecule has 0 radical (unpaired) electrons. The van der Waals surface area contributed by atoms with Crippen molar-refractivity contribution in [2.45, 2.75) is 61.0 Å². The van der Waals surface area contributed by atoms with Gasteiger partial charge in [0.2, 0.25) is 5.91 Å². The molecule has 8 heteroatoms. The van der Waals surface area contributed by atoms with Gasteiger partial charge in [-0.1, -0.05) is 70.5 Å². The second-order valence-corrected chi connectivity index (χ2v) is 11.4. The maximum absolute atomic E-state index is 13.5. The molecule has 0 aliphatic rings. The Hall–Kier alpha value is -4.20. The lowest BCUT2D eigenvalue weighted by Gasteiger charge is -2.34. The molecular formula is C31H38N4O4. The first-order valence-electron chi connectivity index (χ1n) is 13.0. The van der Waals surface area contributed by atoms with E-state index in [0.717, 1.165) is 16.8 Å². The first kappa shape index (κ1) is 29.4. The van der Waals surface area contributed by atoms with E-state index in [0.29, 0.717) is 28.9 Å². The normalized spacial score (nSPS) is 12.2. The monoisotopic (exact) mass is 530 g/mol. The van der Waals surface area contributed by atoms with E-state index in [1.165, 1.54) is 6.07 Å². The molecule has 0 aliphatic heterocycles. The number of benzene rings is 2. The molecular weight excluding hydrogens is 492 g/mol. The number of nitrogens with zero attached hydrogens (tertiary/aromatic N) is 1. The van der Waals surface area contributed by atoms with Crippen LogP contribution >= 0.6 is 0 Å². The Kier molecular flexibility index (Phi) is 8.79. The number of aromatic nitrogens is 1. The van der Waals surface area contributed by atoms with Crippen molar-refractivity contribution in [2.24, 2.45) is 22.8 Å². The molecule has 0 saturated heterocycles. The van der Waals surface area contributed by atoms with Gasteiger partial charge in [0, 0.05) is 33.4 Å². The van der Waals surface area contributed by atoms with Crippen molar-refractivity contribution in [3.63, 3.8) is 0 Å². The fourth-order valence-electron chi connectivity index (χ4n) is 4.56. The number of ether oxygens (including phenoxy) is 1. The van der Waals surface area contributed by atoms with Gasteiger partial charge in [0.25, 0.3) is 5.91 Å². The van der Waals surface area contributed by atoms with Gasteiger partial charge < -0.3 is 21.5 Å². The molecule has 3 amide bonds. The van der Waals surface area contributed by atoms with Crippen molar-refractivity contribution in [1.82, 2.24) is 4.98 Å². The van der Waals surface area contributed by atoms with Gasteiger partial charge in [-0.3, -0.25) is 14.6 Å². The number of pyridine rings is 1. The summed E-state index contributed by atoms with van der Waals surface area (Å²) in [5.74, 6) is -0.797. The molecule has 3 aromatic rings. The molecule has 0 fully saturated rings. The third-order valence-corrected chi connectivity index (χ3v) is 6.37. The third kappa shape index (κ3) is 7.02. The van der Waals surface area contributed by atoms with Crippen LogP contribution in [0.3, 0.4) is 0 Å². The summed E-state index contributed by atoms with van der Waals surface area (Å²) >= 11 is 0. The molecule has 1 unspecified atom stereocenters. The summed E-state index contributed by atoms with van der Waals surface area (Å²) in [6, 6.07) is 14.1. The van der Waals surface area contributed by atoms with Crippen molar-refractivity contribution in [1.29, 1.82) is 0 Å². The smallest absolute Gasteiger partial charge is 0.405 e. The summed E-state index contributed by atoms with van der Waals surface area (Å²) in [6.45, 7) is 13.9. The molecule has 206 valence electrons. The molecule has 8 nitrogen and oxygen atoms in total. The quantitative estimate of drug-likeness (QED) is 0.323. The molecule has 0 spiro atoms.